The van der Waals surface area contributed by atoms with Gasteiger partial charge in [-0.3, -0.25) is 9.98 Å². The molecular formula is C24H24N4S. The molecule has 1 aromatic heterocycles. The van der Waals surface area contributed by atoms with Crippen molar-refractivity contribution in [3.05, 3.63) is 77.1 Å². The highest BCUT2D eigenvalue weighted by molar-refractivity contribution is 8.04. The first-order valence-corrected chi connectivity index (χ1v) is 10.9. The van der Waals surface area contributed by atoms with Crippen LogP contribution in [0.4, 0.5) is 11.4 Å². The number of nitrogen functional groups attached to an aromatic ring is 1. The number of aromatic nitrogens is 1. The lowest BCUT2D eigenvalue weighted by atomic mass is 9.99. The molecule has 29 heavy (non-hydrogen) atoms. The topological polar surface area (TPSA) is 54.5 Å². The molecule has 1 unspecified atom stereocenters. The lowest BCUT2D eigenvalue weighted by molar-refractivity contribution is 0.861. The number of rotatable bonds is 3. The van der Waals surface area contributed by atoms with Gasteiger partial charge in [0.25, 0.3) is 0 Å². The van der Waals surface area contributed by atoms with E-state index in [2.05, 4.69) is 66.3 Å². The molecule has 146 valence electrons. The maximum Gasteiger partial charge on any atom is 0.127 e. The Kier molecular flexibility index (Phi) is 4.55. The molecule has 0 aliphatic carbocycles. The number of pyridine rings is 1. The predicted octanol–water partition coefficient (Wildman–Crippen LogP) is 5.88. The molecule has 5 rings (SSSR count). The average Bonchev–Trinajstić information content (AvgIpc) is 3.16. The third-order valence-corrected chi connectivity index (χ3v) is 6.85. The Morgan fingerprint density at radius 3 is 2.93 bits per heavy atom. The first-order chi connectivity index (χ1) is 14.1. The Morgan fingerprint density at radius 2 is 2.07 bits per heavy atom. The lowest BCUT2D eigenvalue weighted by Gasteiger charge is -2.26. The number of anilines is 2. The molecule has 0 amide bonds. The van der Waals surface area contributed by atoms with Crippen molar-refractivity contribution >= 4 is 39.6 Å². The molecule has 5 heteroatoms. The highest BCUT2D eigenvalue weighted by Gasteiger charge is 2.30. The number of aliphatic imine (C=N–C) groups is 1. The van der Waals surface area contributed by atoms with Gasteiger partial charge in [0, 0.05) is 64.2 Å². The molecule has 2 aliphatic heterocycles. The van der Waals surface area contributed by atoms with Crippen LogP contribution >= 0.6 is 11.8 Å². The minimum atomic E-state index is 0.0478. The second kappa shape index (κ2) is 7.23. The Hall–Kier alpha value is -2.79. The second-order valence-corrected chi connectivity index (χ2v) is 9.02. The molecule has 3 heterocycles. The van der Waals surface area contributed by atoms with Crippen LogP contribution in [0.5, 0.6) is 0 Å². The van der Waals surface area contributed by atoms with Crippen molar-refractivity contribution in [3.8, 4) is 0 Å². The van der Waals surface area contributed by atoms with E-state index in [0.29, 0.717) is 5.92 Å². The molecular weight excluding hydrogens is 376 g/mol. The van der Waals surface area contributed by atoms with Crippen LogP contribution in [0.2, 0.25) is 0 Å². The Bertz CT molecular complexity index is 1140. The fraction of sp³-hybridized carbons (Fsp3) is 0.250. The normalized spacial score (nSPS) is 18.7. The fourth-order valence-electron chi connectivity index (χ4n) is 3.99. The van der Waals surface area contributed by atoms with Gasteiger partial charge in [0.05, 0.1) is 5.71 Å². The molecule has 0 bridgehead atoms. The van der Waals surface area contributed by atoms with Gasteiger partial charge in [0.15, 0.2) is 0 Å². The van der Waals surface area contributed by atoms with Crippen molar-refractivity contribution < 1.29 is 0 Å². The second-order valence-electron chi connectivity index (χ2n) is 7.90. The summed E-state index contributed by atoms with van der Waals surface area (Å²) in [4.78, 5) is 12.9. The summed E-state index contributed by atoms with van der Waals surface area (Å²) in [5.41, 5.74) is 12.0. The molecule has 2 N–H and O–H groups in total. The largest absolute Gasteiger partial charge is 0.398 e. The average molecular weight is 401 g/mol. The van der Waals surface area contributed by atoms with Gasteiger partial charge < -0.3 is 10.6 Å². The quantitative estimate of drug-likeness (QED) is 0.558. The minimum Gasteiger partial charge on any atom is -0.398 e. The Balaban J connectivity index is 1.47. The maximum absolute atomic E-state index is 6.32. The lowest BCUT2D eigenvalue weighted by Crippen LogP contribution is -2.25. The first-order valence-electron chi connectivity index (χ1n) is 10.0. The third-order valence-electron chi connectivity index (χ3n) is 5.67. The van der Waals surface area contributed by atoms with Gasteiger partial charge in [0.1, 0.15) is 5.37 Å². The molecule has 3 aromatic rings. The van der Waals surface area contributed by atoms with Gasteiger partial charge in [-0.25, -0.2) is 0 Å². The zero-order valence-electron chi connectivity index (χ0n) is 16.7. The molecule has 0 fully saturated rings. The summed E-state index contributed by atoms with van der Waals surface area (Å²) in [5.74, 6) is 0.478. The van der Waals surface area contributed by atoms with Crippen LogP contribution in [-0.4, -0.2) is 17.2 Å². The van der Waals surface area contributed by atoms with Crippen molar-refractivity contribution in [2.24, 2.45) is 4.99 Å². The van der Waals surface area contributed by atoms with E-state index in [1.165, 1.54) is 27.3 Å². The van der Waals surface area contributed by atoms with E-state index >= 15 is 0 Å². The van der Waals surface area contributed by atoms with Crippen LogP contribution in [-0.2, 0) is 0 Å². The summed E-state index contributed by atoms with van der Waals surface area (Å²) < 4.78 is 0. The van der Waals surface area contributed by atoms with Crippen LogP contribution in [0, 0.1) is 0 Å². The van der Waals surface area contributed by atoms with Crippen LogP contribution in [0.1, 0.15) is 42.7 Å². The van der Waals surface area contributed by atoms with E-state index in [1.807, 2.05) is 30.2 Å². The molecule has 0 radical (unpaired) electrons. The number of thioether (sulfide) groups is 1. The predicted molar refractivity (Wildman–Crippen MR) is 124 cm³/mol. The van der Waals surface area contributed by atoms with Gasteiger partial charge in [0.2, 0.25) is 0 Å². The summed E-state index contributed by atoms with van der Waals surface area (Å²) in [6, 6.07) is 14.9. The first kappa shape index (κ1) is 18.3. The number of hydrogen-bond donors (Lipinski definition) is 1. The number of fused-ring (bicyclic) bond motifs is 2. The van der Waals surface area contributed by atoms with Gasteiger partial charge in [-0.15, -0.1) is 0 Å². The van der Waals surface area contributed by atoms with E-state index in [0.717, 1.165) is 29.6 Å². The van der Waals surface area contributed by atoms with E-state index < -0.39 is 0 Å². The maximum atomic E-state index is 6.32. The van der Waals surface area contributed by atoms with Crippen molar-refractivity contribution in [3.63, 3.8) is 0 Å². The monoisotopic (exact) mass is 400 g/mol. The summed E-state index contributed by atoms with van der Waals surface area (Å²) in [7, 11) is 0. The van der Waals surface area contributed by atoms with Crippen LogP contribution in [0.25, 0.3) is 10.8 Å². The van der Waals surface area contributed by atoms with Crippen molar-refractivity contribution in [2.75, 3.05) is 17.2 Å². The van der Waals surface area contributed by atoms with Gasteiger partial charge in [-0.1, -0.05) is 49.9 Å². The standard InChI is InChI=1S/C24H24N4S/c1-15(2)16-6-7-20(25)19(12-16)24-27-21-9-11-28(14-23(21)29-24)22-5-3-4-17-13-26-10-8-18(17)22/h3-8,10,12-15,24H,9,11,25H2,1-2H3. The molecule has 4 nitrogen and oxygen atoms in total. The molecule has 0 saturated carbocycles. The summed E-state index contributed by atoms with van der Waals surface area (Å²) in [5, 5.41) is 2.44. The number of nitrogens with zero attached hydrogens (tertiary/aromatic N) is 3. The number of allylic oxidation sites excluding steroid dienone is 1. The molecule has 1 atom stereocenters. The van der Waals surface area contributed by atoms with Crippen LogP contribution < -0.4 is 10.6 Å². The van der Waals surface area contributed by atoms with Gasteiger partial charge in [-0.2, -0.15) is 0 Å². The fourth-order valence-corrected chi connectivity index (χ4v) is 5.22. The summed E-state index contributed by atoms with van der Waals surface area (Å²) in [6.45, 7) is 5.35. The SMILES string of the molecule is CC(C)c1ccc(N)c(C2N=C3CCN(c4cccc5cnccc45)C=C3S2)c1. The Labute approximate surface area is 175 Å². The van der Waals surface area contributed by atoms with Gasteiger partial charge in [-0.05, 0) is 29.7 Å². The molecule has 2 aliphatic rings. The number of benzene rings is 2. The third kappa shape index (κ3) is 3.29. The molecule has 2 aromatic carbocycles. The van der Waals surface area contributed by atoms with E-state index in [-0.39, 0.29) is 5.37 Å². The summed E-state index contributed by atoms with van der Waals surface area (Å²) >= 11 is 1.81. The minimum absolute atomic E-state index is 0.0478. The highest BCUT2D eigenvalue weighted by Crippen LogP contribution is 2.47. The van der Waals surface area contributed by atoms with E-state index in [1.54, 1.807) is 0 Å². The molecule has 0 saturated heterocycles. The van der Waals surface area contributed by atoms with Crippen LogP contribution in [0.15, 0.2) is 71.0 Å². The summed E-state index contributed by atoms with van der Waals surface area (Å²) in [6.07, 6.45) is 6.99. The van der Waals surface area contributed by atoms with Crippen LogP contribution in [0.3, 0.4) is 0 Å². The highest BCUT2D eigenvalue weighted by atomic mass is 32.2. The van der Waals surface area contributed by atoms with E-state index in [4.69, 9.17) is 10.7 Å². The van der Waals surface area contributed by atoms with Gasteiger partial charge >= 0.3 is 0 Å². The van der Waals surface area contributed by atoms with Crippen molar-refractivity contribution in [1.82, 2.24) is 4.98 Å². The number of nitrogens with two attached hydrogens (primary N) is 1. The zero-order valence-corrected chi connectivity index (χ0v) is 17.5. The van der Waals surface area contributed by atoms with Crippen molar-refractivity contribution in [1.29, 1.82) is 0 Å². The molecule has 0 spiro atoms. The Morgan fingerprint density at radius 1 is 1.17 bits per heavy atom. The van der Waals surface area contributed by atoms with Crippen molar-refractivity contribution in [2.45, 2.75) is 31.6 Å². The zero-order chi connectivity index (χ0) is 20.0. The van der Waals surface area contributed by atoms with E-state index in [9.17, 15) is 0 Å². The smallest absolute Gasteiger partial charge is 0.127 e. The number of hydrogen-bond acceptors (Lipinski definition) is 5.